The lowest BCUT2D eigenvalue weighted by Crippen LogP contribution is -2.56. The normalized spacial score (nSPS) is 15.1. The first-order chi connectivity index (χ1) is 16.6. The number of carbonyl (C=O) groups excluding carboxylic acids is 1. The van der Waals surface area contributed by atoms with E-state index in [0.29, 0.717) is 27.9 Å². The summed E-state index contributed by atoms with van der Waals surface area (Å²) in [5.74, 6) is 0.147. The summed E-state index contributed by atoms with van der Waals surface area (Å²) in [5.41, 5.74) is 0.641. The van der Waals surface area contributed by atoms with Crippen LogP contribution in [0, 0.1) is 5.82 Å². The zero-order valence-electron chi connectivity index (χ0n) is 19.1. The van der Waals surface area contributed by atoms with Crippen molar-refractivity contribution in [1.82, 2.24) is 24.3 Å². The van der Waals surface area contributed by atoms with Crippen molar-refractivity contribution in [3.05, 3.63) is 69.0 Å². The van der Waals surface area contributed by atoms with E-state index in [1.54, 1.807) is 35.2 Å². The van der Waals surface area contributed by atoms with E-state index in [-0.39, 0.29) is 18.8 Å². The first-order valence-electron chi connectivity index (χ1n) is 10.6. The number of hydrogen-bond donors (Lipinski definition) is 1. The fourth-order valence-corrected chi connectivity index (χ4v) is 5.54. The lowest BCUT2D eigenvalue weighted by molar-refractivity contribution is 0.185. The number of benzene rings is 1. The topological polar surface area (TPSA) is 90.8 Å². The fraction of sp³-hybridized carbons (Fsp3) is 0.273. The van der Waals surface area contributed by atoms with Gasteiger partial charge >= 0.3 is 6.03 Å². The van der Waals surface area contributed by atoms with E-state index in [2.05, 4.69) is 9.82 Å². The molecule has 3 aromatic rings. The van der Waals surface area contributed by atoms with Gasteiger partial charge in [0.15, 0.2) is 0 Å². The van der Waals surface area contributed by atoms with E-state index in [1.807, 2.05) is 19.0 Å². The molecule has 0 unspecified atom stereocenters. The number of anilines is 1. The number of urea groups is 1. The van der Waals surface area contributed by atoms with E-state index in [4.69, 9.17) is 11.6 Å². The Labute approximate surface area is 212 Å². The second kappa shape index (κ2) is 10.5. The monoisotopic (exact) mass is 538 g/mol. The number of aromatic nitrogens is 2. The fourth-order valence-electron chi connectivity index (χ4n) is 3.62. The average Bonchev–Trinajstić information content (AvgIpc) is 3.42. The molecule has 9 nitrogen and oxygen atoms in total. The molecule has 0 radical (unpaired) electrons. The van der Waals surface area contributed by atoms with Crippen LogP contribution in [0.3, 0.4) is 0 Å². The molecule has 0 bridgehead atoms. The van der Waals surface area contributed by atoms with Crippen molar-refractivity contribution in [1.29, 1.82) is 0 Å². The third kappa shape index (κ3) is 6.08. The molecule has 186 valence electrons. The highest BCUT2D eigenvalue weighted by Crippen LogP contribution is 2.26. The Morgan fingerprint density at radius 1 is 1.26 bits per heavy atom. The third-order valence-corrected chi connectivity index (χ3v) is 7.31. The molecule has 1 fully saturated rings. The van der Waals surface area contributed by atoms with Gasteiger partial charge < -0.3 is 9.47 Å². The van der Waals surface area contributed by atoms with Crippen LogP contribution in [-0.2, 0) is 16.6 Å². The third-order valence-electron chi connectivity index (χ3n) is 5.14. The number of sulfonamides is 1. The van der Waals surface area contributed by atoms with E-state index in [0.717, 1.165) is 16.2 Å². The van der Waals surface area contributed by atoms with Crippen LogP contribution in [0.5, 0.6) is 0 Å². The number of imidazole rings is 1. The molecule has 3 heterocycles. The lowest BCUT2D eigenvalue weighted by atomic mass is 10.2. The highest BCUT2D eigenvalue weighted by Gasteiger charge is 2.31. The average molecular weight is 539 g/mol. The maximum absolute atomic E-state index is 15.2. The largest absolute Gasteiger partial charge is 0.339 e. The second-order valence-corrected chi connectivity index (χ2v) is 11.4. The predicted octanol–water partition coefficient (Wildman–Crippen LogP) is 3.93. The maximum atomic E-state index is 15.2. The van der Waals surface area contributed by atoms with Gasteiger partial charge in [0.05, 0.1) is 16.6 Å². The number of halogens is 2. The second-order valence-electron chi connectivity index (χ2n) is 8.11. The number of thiophene rings is 1. The number of rotatable bonds is 8. The van der Waals surface area contributed by atoms with Crippen molar-refractivity contribution in [2.75, 3.05) is 32.1 Å². The van der Waals surface area contributed by atoms with Crippen LogP contribution >= 0.6 is 22.9 Å². The molecule has 35 heavy (non-hydrogen) atoms. The van der Waals surface area contributed by atoms with Crippen LogP contribution in [0.1, 0.15) is 17.1 Å². The number of hydrogen-bond acceptors (Lipinski definition) is 6. The van der Waals surface area contributed by atoms with Crippen molar-refractivity contribution in [2.24, 2.45) is 0 Å². The van der Waals surface area contributed by atoms with Crippen LogP contribution in [-0.4, -0.2) is 61.1 Å². The van der Waals surface area contributed by atoms with Gasteiger partial charge in [-0.2, -0.15) is 0 Å². The van der Waals surface area contributed by atoms with Crippen LogP contribution in [0.4, 0.5) is 14.9 Å². The minimum absolute atomic E-state index is 0.0701. The molecule has 13 heteroatoms. The number of hydrazine groups is 1. The number of nitrogens with one attached hydrogen (secondary N) is 1. The summed E-state index contributed by atoms with van der Waals surface area (Å²) in [6.07, 6.45) is 5.23. The predicted molar refractivity (Wildman–Crippen MR) is 135 cm³/mol. The standard InChI is InChI=1S/C22H24ClFN6O3S2/c1-27(2)15-21-25-9-12-28(21)16-4-6-19(18(24)14-16)29-10-3-11-30(22(29)31)26-35(32,33)13-8-17-5-7-20(23)34-17/h4-9,12-14,26H,3,10-11,15H2,1-2H3. The van der Waals surface area contributed by atoms with Gasteiger partial charge in [0, 0.05) is 47.5 Å². The Morgan fingerprint density at radius 3 is 2.74 bits per heavy atom. The van der Waals surface area contributed by atoms with Gasteiger partial charge in [-0.25, -0.2) is 27.6 Å². The summed E-state index contributed by atoms with van der Waals surface area (Å²) in [4.78, 5) is 23.4. The highest BCUT2D eigenvalue weighted by atomic mass is 35.5. The van der Waals surface area contributed by atoms with Gasteiger partial charge in [-0.1, -0.05) is 11.6 Å². The molecule has 1 N–H and O–H groups in total. The van der Waals surface area contributed by atoms with Gasteiger partial charge in [-0.3, -0.25) is 4.90 Å². The van der Waals surface area contributed by atoms with Gasteiger partial charge in [0.2, 0.25) is 0 Å². The minimum atomic E-state index is -3.97. The van der Waals surface area contributed by atoms with Crippen LogP contribution in [0.15, 0.2) is 48.1 Å². The van der Waals surface area contributed by atoms with Crippen molar-refractivity contribution in [3.63, 3.8) is 0 Å². The molecular formula is C22H24ClFN6O3S2. The molecule has 2 aromatic heterocycles. The van der Waals surface area contributed by atoms with Crippen LogP contribution in [0.25, 0.3) is 11.8 Å². The summed E-state index contributed by atoms with van der Waals surface area (Å²) < 4.78 is 42.5. The summed E-state index contributed by atoms with van der Waals surface area (Å²) in [5, 5.41) is 1.94. The molecular weight excluding hydrogens is 515 g/mol. The molecule has 1 aromatic carbocycles. The van der Waals surface area contributed by atoms with E-state index >= 15 is 4.39 Å². The van der Waals surface area contributed by atoms with Crippen molar-refractivity contribution < 1.29 is 17.6 Å². The van der Waals surface area contributed by atoms with Gasteiger partial charge in [0.25, 0.3) is 10.0 Å². The minimum Gasteiger partial charge on any atom is -0.303 e. The van der Waals surface area contributed by atoms with Gasteiger partial charge in [-0.15, -0.1) is 16.2 Å². The number of carbonyl (C=O) groups is 1. The lowest BCUT2D eigenvalue weighted by Gasteiger charge is -2.35. The molecule has 1 aliphatic rings. The molecule has 0 spiro atoms. The van der Waals surface area contributed by atoms with Crippen molar-refractivity contribution >= 4 is 50.8 Å². The zero-order valence-corrected chi connectivity index (χ0v) is 21.4. The SMILES string of the molecule is CN(C)Cc1nccn1-c1ccc(N2CCCN(NS(=O)(=O)C=Cc3ccc(Cl)s3)C2=O)c(F)c1. The summed E-state index contributed by atoms with van der Waals surface area (Å²) >= 11 is 7.09. The Kier molecular flexibility index (Phi) is 7.57. The van der Waals surface area contributed by atoms with Gasteiger partial charge in [-0.05, 0) is 50.9 Å². The van der Waals surface area contributed by atoms with Crippen molar-refractivity contribution in [2.45, 2.75) is 13.0 Å². The quantitative estimate of drug-likeness (QED) is 0.469. The molecule has 1 aliphatic heterocycles. The smallest absolute Gasteiger partial charge is 0.303 e. The number of amides is 2. The molecule has 0 atom stereocenters. The Morgan fingerprint density at radius 2 is 2.06 bits per heavy atom. The molecule has 2 amide bonds. The maximum Gasteiger partial charge on any atom is 0.339 e. The number of nitrogens with zero attached hydrogens (tertiary/aromatic N) is 5. The molecule has 1 saturated heterocycles. The summed E-state index contributed by atoms with van der Waals surface area (Å²) in [6.45, 7) is 0.994. The molecule has 0 saturated carbocycles. The van der Waals surface area contributed by atoms with E-state index in [1.165, 1.54) is 34.4 Å². The van der Waals surface area contributed by atoms with Gasteiger partial charge in [0.1, 0.15) is 11.6 Å². The highest BCUT2D eigenvalue weighted by molar-refractivity contribution is 7.92. The Bertz CT molecular complexity index is 1350. The summed E-state index contributed by atoms with van der Waals surface area (Å²) in [7, 11) is -0.137. The molecule has 0 aliphatic carbocycles. The Hall–Kier alpha value is -2.77. The first-order valence-corrected chi connectivity index (χ1v) is 13.4. The zero-order chi connectivity index (χ0) is 25.2. The first kappa shape index (κ1) is 25.3. The van der Waals surface area contributed by atoms with Crippen molar-refractivity contribution in [3.8, 4) is 5.69 Å². The summed E-state index contributed by atoms with van der Waals surface area (Å²) in [6, 6.07) is 7.24. The Balaban J connectivity index is 1.50. The van der Waals surface area contributed by atoms with E-state index < -0.39 is 21.9 Å². The van der Waals surface area contributed by atoms with Crippen LogP contribution < -0.4 is 9.73 Å². The van der Waals surface area contributed by atoms with E-state index in [9.17, 15) is 13.2 Å². The van der Waals surface area contributed by atoms with Crippen LogP contribution in [0.2, 0.25) is 4.34 Å². The molecule has 4 rings (SSSR count).